The Hall–Kier alpha value is -3.86. The lowest BCUT2D eigenvalue weighted by molar-refractivity contribution is 0.574. The number of aryl methyl sites for hydroxylation is 1. The second-order valence-corrected chi connectivity index (χ2v) is 5.58. The highest BCUT2D eigenvalue weighted by molar-refractivity contribution is 5.81. The molecule has 6 nitrogen and oxygen atoms in total. The van der Waals surface area contributed by atoms with Crippen molar-refractivity contribution in [2.75, 3.05) is 5.43 Å². The molecule has 0 fully saturated rings. The fraction of sp³-hybridized carbons (Fsp3) is 0.0526. The molecule has 0 amide bonds. The van der Waals surface area contributed by atoms with Crippen LogP contribution in [0.15, 0.2) is 52.4 Å². The van der Waals surface area contributed by atoms with Crippen LogP contribution in [0.5, 0.6) is 0 Å². The number of nitriles is 1. The van der Waals surface area contributed by atoms with E-state index in [4.69, 9.17) is 0 Å². The van der Waals surface area contributed by atoms with Gasteiger partial charge in [0.05, 0.1) is 17.5 Å². The first-order valence-corrected chi connectivity index (χ1v) is 7.84. The number of aromatic amines is 1. The fourth-order valence-electron chi connectivity index (χ4n) is 2.39. The zero-order valence-corrected chi connectivity index (χ0v) is 14.1. The molecule has 2 N–H and O–H groups in total. The van der Waals surface area contributed by atoms with Gasteiger partial charge in [-0.3, -0.25) is 9.78 Å². The molecule has 0 saturated heterocycles. The Morgan fingerprint density at radius 1 is 1.22 bits per heavy atom. The van der Waals surface area contributed by atoms with Crippen molar-refractivity contribution in [1.82, 2.24) is 9.97 Å². The van der Waals surface area contributed by atoms with E-state index in [1.807, 2.05) is 6.07 Å². The zero-order valence-electron chi connectivity index (χ0n) is 14.1. The maximum atomic E-state index is 14.0. The zero-order chi connectivity index (χ0) is 19.4. The number of halogens is 2. The Labute approximate surface area is 152 Å². The highest BCUT2D eigenvalue weighted by Crippen LogP contribution is 2.19. The predicted octanol–water partition coefficient (Wildman–Crippen LogP) is 3.34. The molecule has 134 valence electrons. The van der Waals surface area contributed by atoms with Gasteiger partial charge in [-0.15, -0.1) is 0 Å². The number of nitrogens with zero attached hydrogens (tertiary/aromatic N) is 3. The lowest BCUT2D eigenvalue weighted by atomic mass is 10.1. The summed E-state index contributed by atoms with van der Waals surface area (Å²) >= 11 is 0. The van der Waals surface area contributed by atoms with Crippen LogP contribution in [0, 0.1) is 29.9 Å². The minimum absolute atomic E-state index is 0.0671. The third kappa shape index (κ3) is 3.72. The van der Waals surface area contributed by atoms with Gasteiger partial charge in [0.15, 0.2) is 0 Å². The predicted molar refractivity (Wildman–Crippen MR) is 97.3 cm³/mol. The first-order chi connectivity index (χ1) is 13.0. The van der Waals surface area contributed by atoms with E-state index in [1.165, 1.54) is 13.0 Å². The standard InChI is InChI=1S/C19H13F2N5O/c1-11-7-8-15(20)14(16(11)21)10-23-26-19-24-17(12-5-3-2-4-6-12)13(9-22)18(27)25-19/h2-8,10H,1H3,(H2,24,25,26,27). The van der Waals surface area contributed by atoms with Crippen molar-refractivity contribution in [1.29, 1.82) is 5.26 Å². The average molecular weight is 365 g/mol. The van der Waals surface area contributed by atoms with Crippen molar-refractivity contribution in [3.8, 4) is 17.3 Å². The largest absolute Gasteiger partial charge is 0.290 e. The topological polar surface area (TPSA) is 93.9 Å². The van der Waals surface area contributed by atoms with Crippen molar-refractivity contribution in [3.63, 3.8) is 0 Å². The van der Waals surface area contributed by atoms with Crippen molar-refractivity contribution in [2.24, 2.45) is 5.10 Å². The lowest BCUT2D eigenvalue weighted by Crippen LogP contribution is -2.16. The molecular formula is C19H13F2N5O. The normalized spacial score (nSPS) is 10.7. The van der Waals surface area contributed by atoms with Crippen LogP contribution in [0.25, 0.3) is 11.3 Å². The molecule has 2 aromatic carbocycles. The second-order valence-electron chi connectivity index (χ2n) is 5.58. The van der Waals surface area contributed by atoms with E-state index < -0.39 is 17.2 Å². The molecule has 0 bridgehead atoms. The Morgan fingerprint density at radius 3 is 2.67 bits per heavy atom. The van der Waals surface area contributed by atoms with Gasteiger partial charge in [-0.2, -0.15) is 10.4 Å². The van der Waals surface area contributed by atoms with Gasteiger partial charge in [0, 0.05) is 5.56 Å². The summed E-state index contributed by atoms with van der Waals surface area (Å²) in [6, 6.07) is 13.0. The van der Waals surface area contributed by atoms with Gasteiger partial charge in [-0.1, -0.05) is 36.4 Å². The fourth-order valence-corrected chi connectivity index (χ4v) is 2.39. The number of aromatic nitrogens is 2. The summed E-state index contributed by atoms with van der Waals surface area (Å²) in [6.45, 7) is 1.51. The van der Waals surface area contributed by atoms with Crippen LogP contribution < -0.4 is 11.0 Å². The molecule has 0 spiro atoms. The van der Waals surface area contributed by atoms with Crippen molar-refractivity contribution in [2.45, 2.75) is 6.92 Å². The third-order valence-electron chi connectivity index (χ3n) is 3.76. The summed E-state index contributed by atoms with van der Waals surface area (Å²) in [4.78, 5) is 18.7. The van der Waals surface area contributed by atoms with Crippen LogP contribution in [-0.4, -0.2) is 16.2 Å². The van der Waals surface area contributed by atoms with Gasteiger partial charge in [0.25, 0.3) is 5.56 Å². The van der Waals surface area contributed by atoms with Gasteiger partial charge < -0.3 is 0 Å². The molecule has 27 heavy (non-hydrogen) atoms. The number of hydrogen-bond donors (Lipinski definition) is 2. The molecule has 0 aliphatic rings. The summed E-state index contributed by atoms with van der Waals surface area (Å²) in [6.07, 6.45) is 0.956. The summed E-state index contributed by atoms with van der Waals surface area (Å²) in [5.74, 6) is -1.57. The molecule has 1 aromatic heterocycles. The third-order valence-corrected chi connectivity index (χ3v) is 3.76. The van der Waals surface area contributed by atoms with E-state index in [0.717, 1.165) is 12.3 Å². The molecule has 3 aromatic rings. The Balaban J connectivity index is 1.95. The van der Waals surface area contributed by atoms with E-state index in [2.05, 4.69) is 20.5 Å². The van der Waals surface area contributed by atoms with Crippen LogP contribution in [0.1, 0.15) is 16.7 Å². The molecule has 0 aliphatic carbocycles. The van der Waals surface area contributed by atoms with Gasteiger partial charge in [0.1, 0.15) is 23.3 Å². The molecule has 0 radical (unpaired) electrons. The molecule has 0 saturated carbocycles. The minimum Gasteiger partial charge on any atom is -0.290 e. The Kier molecular flexibility index (Phi) is 5.04. The van der Waals surface area contributed by atoms with Crippen molar-refractivity contribution < 1.29 is 8.78 Å². The number of nitrogens with one attached hydrogen (secondary N) is 2. The first-order valence-electron chi connectivity index (χ1n) is 7.84. The van der Waals surface area contributed by atoms with Crippen LogP contribution in [0.3, 0.4) is 0 Å². The molecule has 1 heterocycles. The van der Waals surface area contributed by atoms with Crippen LogP contribution >= 0.6 is 0 Å². The van der Waals surface area contributed by atoms with E-state index in [1.54, 1.807) is 30.3 Å². The molecular weight excluding hydrogens is 352 g/mol. The van der Waals surface area contributed by atoms with Crippen molar-refractivity contribution in [3.05, 3.63) is 81.1 Å². The number of hydrogen-bond acceptors (Lipinski definition) is 5. The molecule has 0 aliphatic heterocycles. The quantitative estimate of drug-likeness (QED) is 0.548. The molecule has 0 atom stereocenters. The summed E-state index contributed by atoms with van der Waals surface area (Å²) < 4.78 is 27.7. The first kappa shape index (κ1) is 17.9. The number of H-pyrrole nitrogens is 1. The van der Waals surface area contributed by atoms with Crippen LogP contribution in [-0.2, 0) is 0 Å². The monoisotopic (exact) mass is 365 g/mol. The number of benzene rings is 2. The van der Waals surface area contributed by atoms with E-state index >= 15 is 0 Å². The summed E-state index contributed by atoms with van der Waals surface area (Å²) in [7, 11) is 0. The van der Waals surface area contributed by atoms with E-state index in [9.17, 15) is 18.8 Å². The minimum atomic E-state index is -0.769. The summed E-state index contributed by atoms with van der Waals surface area (Å²) in [5, 5.41) is 13.0. The number of anilines is 1. The van der Waals surface area contributed by atoms with Gasteiger partial charge in [0.2, 0.25) is 5.95 Å². The summed E-state index contributed by atoms with van der Waals surface area (Å²) in [5.41, 5.74) is 2.33. The number of rotatable bonds is 4. The smallest absolute Gasteiger partial charge is 0.270 e. The lowest BCUT2D eigenvalue weighted by Gasteiger charge is -2.06. The SMILES string of the molecule is Cc1ccc(F)c(C=NNc2nc(-c3ccccc3)c(C#N)c(=O)[nH]2)c1F. The van der Waals surface area contributed by atoms with E-state index in [0.29, 0.717) is 5.56 Å². The maximum absolute atomic E-state index is 14.0. The van der Waals surface area contributed by atoms with Crippen LogP contribution in [0.2, 0.25) is 0 Å². The molecule has 3 rings (SSSR count). The number of hydrazone groups is 1. The maximum Gasteiger partial charge on any atom is 0.270 e. The Morgan fingerprint density at radius 2 is 1.96 bits per heavy atom. The van der Waals surface area contributed by atoms with Crippen LogP contribution in [0.4, 0.5) is 14.7 Å². The molecule has 0 unspecified atom stereocenters. The highest BCUT2D eigenvalue weighted by Gasteiger charge is 2.13. The van der Waals surface area contributed by atoms with Gasteiger partial charge >= 0.3 is 0 Å². The molecule has 8 heteroatoms. The van der Waals surface area contributed by atoms with E-state index in [-0.39, 0.29) is 28.3 Å². The second kappa shape index (κ2) is 7.58. The Bertz CT molecular complexity index is 1120. The van der Waals surface area contributed by atoms with Gasteiger partial charge in [-0.05, 0) is 18.6 Å². The highest BCUT2D eigenvalue weighted by atomic mass is 19.1. The average Bonchev–Trinajstić information content (AvgIpc) is 2.68. The van der Waals surface area contributed by atoms with Gasteiger partial charge in [-0.25, -0.2) is 19.2 Å². The van der Waals surface area contributed by atoms with Crippen molar-refractivity contribution >= 4 is 12.2 Å².